The Morgan fingerprint density at radius 2 is 2.05 bits per heavy atom. The van der Waals surface area contributed by atoms with Gasteiger partial charge < -0.3 is 25.8 Å². The van der Waals surface area contributed by atoms with E-state index in [0.29, 0.717) is 46.2 Å². The third-order valence-corrected chi connectivity index (χ3v) is 6.54. The van der Waals surface area contributed by atoms with Crippen LogP contribution in [0.4, 0.5) is 0 Å². The normalized spacial score (nSPS) is 14.6. The lowest BCUT2D eigenvalue weighted by atomic mass is 10.1. The van der Waals surface area contributed by atoms with E-state index >= 15 is 0 Å². The monoisotopic (exact) mass is 523 g/mol. The minimum Gasteiger partial charge on any atom is -0.347 e. The van der Waals surface area contributed by atoms with Gasteiger partial charge in [0.2, 0.25) is 11.8 Å². The number of H-pyrrole nitrogens is 1. The van der Waals surface area contributed by atoms with Crippen molar-refractivity contribution < 1.29 is 14.4 Å². The van der Waals surface area contributed by atoms with Crippen molar-refractivity contribution in [2.45, 2.75) is 25.6 Å². The number of aromatic nitrogens is 5. The van der Waals surface area contributed by atoms with Gasteiger partial charge in [-0.25, -0.2) is 9.97 Å². The van der Waals surface area contributed by atoms with Crippen LogP contribution >= 0.6 is 11.6 Å². The van der Waals surface area contributed by atoms with E-state index < -0.39 is 11.9 Å². The smallest absolute Gasteiger partial charge is 0.255 e. The van der Waals surface area contributed by atoms with Crippen molar-refractivity contribution >= 4 is 51.4 Å². The first-order valence-electron chi connectivity index (χ1n) is 11.7. The molecule has 3 amide bonds. The minimum absolute atomic E-state index is 0.0190. The molecule has 1 aliphatic rings. The number of likely N-dealkylation sites (tertiary alicyclic amines) is 1. The number of halogens is 1. The molecule has 4 N–H and O–H groups in total. The van der Waals surface area contributed by atoms with Crippen molar-refractivity contribution in [1.29, 1.82) is 0 Å². The first-order valence-corrected chi connectivity index (χ1v) is 12.1. The predicted octanol–water partition coefficient (Wildman–Crippen LogP) is 1.00. The van der Waals surface area contributed by atoms with E-state index in [4.69, 9.17) is 17.3 Å². The zero-order chi connectivity index (χ0) is 26.4. The molecule has 0 radical (unpaired) electrons. The Balaban J connectivity index is 1.48. The molecule has 192 valence electrons. The van der Waals surface area contributed by atoms with E-state index in [1.54, 1.807) is 48.9 Å². The van der Waals surface area contributed by atoms with Crippen molar-refractivity contribution in [2.75, 3.05) is 27.2 Å². The third-order valence-electron chi connectivity index (χ3n) is 6.31. The number of carbonyl (C=O) groups is 3. The number of likely N-dealkylation sites (N-methyl/N-ethyl adjacent to an activating group) is 1. The van der Waals surface area contributed by atoms with Crippen molar-refractivity contribution in [1.82, 2.24) is 39.8 Å². The number of hydrogen-bond donors (Lipinski definition) is 3. The molecule has 13 heteroatoms. The van der Waals surface area contributed by atoms with E-state index in [9.17, 15) is 14.4 Å². The zero-order valence-corrected chi connectivity index (χ0v) is 21.3. The third kappa shape index (κ3) is 4.60. The average molecular weight is 524 g/mol. The maximum Gasteiger partial charge on any atom is 0.255 e. The van der Waals surface area contributed by atoms with Gasteiger partial charge in [0.25, 0.3) is 5.91 Å². The van der Waals surface area contributed by atoms with E-state index in [0.717, 1.165) is 5.39 Å². The van der Waals surface area contributed by atoms with Crippen molar-refractivity contribution in [3.63, 3.8) is 0 Å². The first kappa shape index (κ1) is 24.7. The quantitative estimate of drug-likeness (QED) is 0.340. The topological polar surface area (TPSA) is 155 Å². The standard InChI is InChI=1S/C24H26ClN9O3/c1-12(24(37)33-9-14(26)10-33)29-23(36)16-7-27-22-21(16)30-17(8-28-22)20-15-5-4-13(25)6-18(15)34(31-20)11-19(35)32(2)3/h4-8,12,14H,9-11,26H2,1-3H3,(H,27,28)(H,29,36)/t12-/m1/s1. The summed E-state index contributed by atoms with van der Waals surface area (Å²) in [6.45, 7) is 2.61. The van der Waals surface area contributed by atoms with Gasteiger partial charge in [0.05, 0.1) is 17.3 Å². The molecule has 0 spiro atoms. The van der Waals surface area contributed by atoms with Crippen LogP contribution in [-0.4, -0.2) is 91.5 Å². The van der Waals surface area contributed by atoms with Crippen molar-refractivity contribution in [3.05, 3.63) is 41.2 Å². The minimum atomic E-state index is -0.722. The number of aromatic amines is 1. The summed E-state index contributed by atoms with van der Waals surface area (Å²) >= 11 is 6.22. The molecule has 0 bridgehead atoms. The van der Waals surface area contributed by atoms with Gasteiger partial charge >= 0.3 is 0 Å². The number of benzene rings is 1. The Labute approximate surface area is 216 Å². The molecular formula is C24H26ClN9O3. The van der Waals surface area contributed by atoms with Crippen LogP contribution in [0.1, 0.15) is 17.3 Å². The van der Waals surface area contributed by atoms with Gasteiger partial charge in [-0.05, 0) is 25.1 Å². The number of nitrogens with one attached hydrogen (secondary N) is 2. The van der Waals surface area contributed by atoms with Crippen LogP contribution in [0.15, 0.2) is 30.6 Å². The zero-order valence-electron chi connectivity index (χ0n) is 20.5. The number of rotatable bonds is 6. The van der Waals surface area contributed by atoms with Crippen LogP contribution < -0.4 is 11.1 Å². The molecule has 5 rings (SSSR count). The molecule has 12 nitrogen and oxygen atoms in total. The second-order valence-electron chi connectivity index (χ2n) is 9.31. The highest BCUT2D eigenvalue weighted by molar-refractivity contribution is 6.31. The summed E-state index contributed by atoms with van der Waals surface area (Å²) in [7, 11) is 3.35. The van der Waals surface area contributed by atoms with Gasteiger partial charge in [-0.3, -0.25) is 19.1 Å². The van der Waals surface area contributed by atoms with Crippen molar-refractivity contribution in [2.24, 2.45) is 5.73 Å². The summed E-state index contributed by atoms with van der Waals surface area (Å²) < 4.78 is 1.57. The molecule has 0 aliphatic carbocycles. The molecular weight excluding hydrogens is 498 g/mol. The fourth-order valence-electron chi connectivity index (χ4n) is 4.21. The predicted molar refractivity (Wildman–Crippen MR) is 138 cm³/mol. The second-order valence-corrected chi connectivity index (χ2v) is 9.75. The molecule has 4 aromatic rings. The Morgan fingerprint density at radius 1 is 1.30 bits per heavy atom. The Kier molecular flexibility index (Phi) is 6.30. The van der Waals surface area contributed by atoms with E-state index in [2.05, 4.69) is 25.4 Å². The summed E-state index contributed by atoms with van der Waals surface area (Å²) in [5.74, 6) is -0.780. The molecule has 0 unspecified atom stereocenters. The van der Waals surface area contributed by atoms with Crippen molar-refractivity contribution in [3.8, 4) is 11.4 Å². The fraction of sp³-hybridized carbons (Fsp3) is 0.333. The maximum absolute atomic E-state index is 13.0. The highest BCUT2D eigenvalue weighted by atomic mass is 35.5. The summed E-state index contributed by atoms with van der Waals surface area (Å²) in [6, 6.07) is 4.53. The lowest BCUT2D eigenvalue weighted by Gasteiger charge is -2.38. The molecule has 1 saturated heterocycles. The second kappa shape index (κ2) is 9.45. The largest absolute Gasteiger partial charge is 0.347 e. The van der Waals surface area contributed by atoms with Crippen LogP contribution in [0.2, 0.25) is 5.02 Å². The molecule has 3 aromatic heterocycles. The number of amides is 3. The average Bonchev–Trinajstić information content (AvgIpc) is 3.42. The highest BCUT2D eigenvalue weighted by Crippen LogP contribution is 2.30. The molecule has 4 heterocycles. The molecule has 1 aromatic carbocycles. The van der Waals surface area contributed by atoms with Crippen LogP contribution in [0, 0.1) is 0 Å². The van der Waals surface area contributed by atoms with Gasteiger partial charge in [-0.15, -0.1) is 0 Å². The summed E-state index contributed by atoms with van der Waals surface area (Å²) in [4.78, 5) is 53.1. The van der Waals surface area contributed by atoms with E-state index in [-0.39, 0.29) is 30.0 Å². The summed E-state index contributed by atoms with van der Waals surface area (Å²) in [5, 5.41) is 8.61. The SMILES string of the molecule is C[C@@H](NC(=O)c1c[nH]c2ncc(-c3nn(CC(=O)N(C)C)c4cc(Cl)ccc34)nc12)C(=O)N1CC(N)C1. The Morgan fingerprint density at radius 3 is 2.76 bits per heavy atom. The molecule has 1 fully saturated rings. The van der Waals surface area contributed by atoms with Gasteiger partial charge in [0.15, 0.2) is 5.65 Å². The lowest BCUT2D eigenvalue weighted by Crippen LogP contribution is -2.61. The molecule has 37 heavy (non-hydrogen) atoms. The van der Waals surface area contributed by atoms with Crippen LogP contribution in [0.5, 0.6) is 0 Å². The molecule has 1 aliphatic heterocycles. The number of hydrogen-bond acceptors (Lipinski definition) is 7. The molecule has 0 saturated carbocycles. The number of nitrogens with two attached hydrogens (primary N) is 1. The van der Waals surface area contributed by atoms with Crippen LogP contribution in [0.25, 0.3) is 33.5 Å². The van der Waals surface area contributed by atoms with E-state index in [1.807, 2.05) is 6.07 Å². The highest BCUT2D eigenvalue weighted by Gasteiger charge is 2.31. The first-order chi connectivity index (χ1) is 17.6. The van der Waals surface area contributed by atoms with Crippen LogP contribution in [-0.2, 0) is 16.1 Å². The van der Waals surface area contributed by atoms with Gasteiger partial charge in [0.1, 0.15) is 29.5 Å². The van der Waals surface area contributed by atoms with Crippen LogP contribution in [0.3, 0.4) is 0 Å². The number of fused-ring (bicyclic) bond motifs is 2. The summed E-state index contributed by atoms with van der Waals surface area (Å²) in [5.41, 5.74) is 8.34. The van der Waals surface area contributed by atoms with E-state index in [1.165, 1.54) is 11.1 Å². The number of nitrogens with zero attached hydrogens (tertiary/aromatic N) is 6. The molecule has 1 atom stereocenters. The van der Waals surface area contributed by atoms with Gasteiger partial charge in [0, 0.05) is 49.8 Å². The lowest BCUT2D eigenvalue weighted by molar-refractivity contribution is -0.137. The van der Waals surface area contributed by atoms with Gasteiger partial charge in [-0.1, -0.05) is 11.6 Å². The number of carbonyl (C=O) groups excluding carboxylic acids is 3. The Bertz CT molecular complexity index is 1540. The maximum atomic E-state index is 13.0. The summed E-state index contributed by atoms with van der Waals surface area (Å²) in [6.07, 6.45) is 3.06. The fourth-order valence-corrected chi connectivity index (χ4v) is 4.37. The van der Waals surface area contributed by atoms with Gasteiger partial charge in [-0.2, -0.15) is 5.10 Å². The Hall–Kier alpha value is -4.03.